The van der Waals surface area contributed by atoms with E-state index in [1.807, 2.05) is 0 Å². The van der Waals surface area contributed by atoms with E-state index in [0.717, 1.165) is 0 Å². The number of carbonyl (C=O) groups excluding carboxylic acids is 2. The highest BCUT2D eigenvalue weighted by molar-refractivity contribution is 6.35. The molecule has 0 aliphatic heterocycles. The number of carbonyl (C=O) groups is 2. The van der Waals surface area contributed by atoms with Crippen LogP contribution < -0.4 is 11.5 Å². The lowest BCUT2D eigenvalue weighted by atomic mass is 9.92. The average Bonchev–Trinajstić information content (AvgIpc) is 2.14. The average molecular weight is 275 g/mol. The van der Waals surface area contributed by atoms with Crippen LogP contribution in [0.3, 0.4) is 0 Å². The summed E-state index contributed by atoms with van der Waals surface area (Å²) in [6, 6.07) is 4.85. The standard InChI is InChI=1S/C11H12Cl2N2O2/c12-7-1-2-8(9(13)5-7)6(3-10(14)16)4-11(15)17/h1-2,5-6H,3-4H2,(H2,14,16)(H2,15,17). The first-order valence-electron chi connectivity index (χ1n) is 4.91. The van der Waals surface area contributed by atoms with Crippen LogP contribution in [0, 0.1) is 0 Å². The summed E-state index contributed by atoms with van der Waals surface area (Å²) in [7, 11) is 0. The Bertz CT molecular complexity index is 433. The number of benzene rings is 1. The van der Waals surface area contributed by atoms with Gasteiger partial charge in [-0.05, 0) is 17.7 Å². The summed E-state index contributed by atoms with van der Waals surface area (Å²) in [5.74, 6) is -1.43. The molecule has 0 bridgehead atoms. The Kier molecular flexibility index (Phi) is 4.78. The lowest BCUT2D eigenvalue weighted by Crippen LogP contribution is -2.21. The van der Waals surface area contributed by atoms with Crippen molar-refractivity contribution in [2.24, 2.45) is 11.5 Å². The molecule has 92 valence electrons. The fourth-order valence-electron chi connectivity index (χ4n) is 1.61. The maximum atomic E-state index is 10.9. The molecular weight excluding hydrogens is 263 g/mol. The van der Waals surface area contributed by atoms with Crippen LogP contribution in [-0.4, -0.2) is 11.8 Å². The maximum absolute atomic E-state index is 10.9. The van der Waals surface area contributed by atoms with Crippen molar-refractivity contribution in [1.29, 1.82) is 0 Å². The van der Waals surface area contributed by atoms with E-state index in [1.54, 1.807) is 18.2 Å². The third-order valence-corrected chi connectivity index (χ3v) is 2.86. The molecular formula is C11H12Cl2N2O2. The molecule has 4 N–H and O–H groups in total. The van der Waals surface area contributed by atoms with Crippen LogP contribution in [0.5, 0.6) is 0 Å². The van der Waals surface area contributed by atoms with Crippen molar-refractivity contribution in [3.8, 4) is 0 Å². The van der Waals surface area contributed by atoms with Crippen molar-refractivity contribution in [2.75, 3.05) is 0 Å². The van der Waals surface area contributed by atoms with E-state index in [-0.39, 0.29) is 12.8 Å². The molecule has 0 fully saturated rings. The number of nitrogens with two attached hydrogens (primary N) is 2. The number of hydrogen-bond acceptors (Lipinski definition) is 2. The molecule has 1 aromatic rings. The smallest absolute Gasteiger partial charge is 0.218 e. The molecule has 0 atom stereocenters. The van der Waals surface area contributed by atoms with E-state index in [1.165, 1.54) is 0 Å². The van der Waals surface area contributed by atoms with E-state index in [2.05, 4.69) is 0 Å². The van der Waals surface area contributed by atoms with Gasteiger partial charge in [0, 0.05) is 28.8 Å². The Balaban J connectivity index is 3.02. The van der Waals surface area contributed by atoms with Crippen LogP contribution in [0.25, 0.3) is 0 Å². The predicted molar refractivity (Wildman–Crippen MR) is 66.8 cm³/mol. The summed E-state index contributed by atoms with van der Waals surface area (Å²) in [6.07, 6.45) is 0.0363. The Labute approximate surface area is 109 Å². The van der Waals surface area contributed by atoms with E-state index in [4.69, 9.17) is 34.7 Å². The molecule has 0 saturated heterocycles. The van der Waals surface area contributed by atoms with Gasteiger partial charge >= 0.3 is 0 Å². The molecule has 1 aromatic carbocycles. The summed E-state index contributed by atoms with van der Waals surface area (Å²) in [5.41, 5.74) is 10.9. The van der Waals surface area contributed by atoms with Crippen LogP contribution in [-0.2, 0) is 9.59 Å². The summed E-state index contributed by atoms with van der Waals surface area (Å²) < 4.78 is 0. The number of hydrogen-bond donors (Lipinski definition) is 2. The van der Waals surface area contributed by atoms with E-state index < -0.39 is 17.7 Å². The third kappa shape index (κ3) is 4.24. The van der Waals surface area contributed by atoms with Crippen molar-refractivity contribution in [3.63, 3.8) is 0 Å². The van der Waals surface area contributed by atoms with Gasteiger partial charge in [0.1, 0.15) is 0 Å². The van der Waals surface area contributed by atoms with Crippen LogP contribution in [0.4, 0.5) is 0 Å². The quantitative estimate of drug-likeness (QED) is 0.858. The number of halogens is 2. The molecule has 0 aliphatic rings. The van der Waals surface area contributed by atoms with Crippen molar-refractivity contribution < 1.29 is 9.59 Å². The lowest BCUT2D eigenvalue weighted by molar-refractivity contribution is -0.119. The Morgan fingerprint density at radius 3 is 2.06 bits per heavy atom. The third-order valence-electron chi connectivity index (χ3n) is 2.30. The van der Waals surface area contributed by atoms with Crippen LogP contribution in [0.15, 0.2) is 18.2 Å². The van der Waals surface area contributed by atoms with Crippen molar-refractivity contribution in [3.05, 3.63) is 33.8 Å². The minimum Gasteiger partial charge on any atom is -0.370 e. The largest absolute Gasteiger partial charge is 0.370 e. The monoisotopic (exact) mass is 274 g/mol. The molecule has 6 heteroatoms. The van der Waals surface area contributed by atoms with Gasteiger partial charge in [-0.25, -0.2) is 0 Å². The zero-order chi connectivity index (χ0) is 13.0. The van der Waals surface area contributed by atoms with Gasteiger partial charge in [0.2, 0.25) is 11.8 Å². The highest BCUT2D eigenvalue weighted by Gasteiger charge is 2.19. The zero-order valence-electron chi connectivity index (χ0n) is 8.95. The Morgan fingerprint density at radius 1 is 1.12 bits per heavy atom. The van der Waals surface area contributed by atoms with Crippen molar-refractivity contribution >= 4 is 35.0 Å². The minimum atomic E-state index is -0.512. The molecule has 0 saturated carbocycles. The fourth-order valence-corrected chi connectivity index (χ4v) is 2.17. The lowest BCUT2D eigenvalue weighted by Gasteiger charge is -2.15. The summed E-state index contributed by atoms with van der Waals surface area (Å²) in [6.45, 7) is 0. The molecule has 4 nitrogen and oxygen atoms in total. The summed E-state index contributed by atoms with van der Waals surface area (Å²) >= 11 is 11.8. The minimum absolute atomic E-state index is 0.0181. The van der Waals surface area contributed by atoms with Crippen LogP contribution in [0.2, 0.25) is 10.0 Å². The van der Waals surface area contributed by atoms with Crippen molar-refractivity contribution in [2.45, 2.75) is 18.8 Å². The van der Waals surface area contributed by atoms with Gasteiger partial charge in [0.25, 0.3) is 0 Å². The van der Waals surface area contributed by atoms with E-state index in [9.17, 15) is 9.59 Å². The molecule has 1 rings (SSSR count). The van der Waals surface area contributed by atoms with E-state index in [0.29, 0.717) is 15.6 Å². The fraction of sp³-hybridized carbons (Fsp3) is 0.273. The van der Waals surface area contributed by atoms with Crippen LogP contribution >= 0.6 is 23.2 Å². The van der Waals surface area contributed by atoms with Crippen LogP contribution in [0.1, 0.15) is 24.3 Å². The highest BCUT2D eigenvalue weighted by Crippen LogP contribution is 2.31. The second-order valence-corrected chi connectivity index (χ2v) is 4.55. The maximum Gasteiger partial charge on any atom is 0.218 e. The van der Waals surface area contributed by atoms with Gasteiger partial charge in [-0.15, -0.1) is 0 Å². The van der Waals surface area contributed by atoms with Crippen molar-refractivity contribution in [1.82, 2.24) is 0 Å². The summed E-state index contributed by atoms with van der Waals surface area (Å²) in [5, 5.41) is 0.876. The van der Waals surface area contributed by atoms with Gasteiger partial charge in [0.15, 0.2) is 0 Å². The Morgan fingerprint density at radius 2 is 1.65 bits per heavy atom. The molecule has 17 heavy (non-hydrogen) atoms. The topological polar surface area (TPSA) is 86.2 Å². The van der Waals surface area contributed by atoms with Gasteiger partial charge in [-0.2, -0.15) is 0 Å². The predicted octanol–water partition coefficient (Wildman–Crippen LogP) is 1.83. The second kappa shape index (κ2) is 5.89. The van der Waals surface area contributed by atoms with Gasteiger partial charge in [0.05, 0.1) is 0 Å². The van der Waals surface area contributed by atoms with Gasteiger partial charge in [-0.1, -0.05) is 29.3 Å². The molecule has 0 unspecified atom stereocenters. The first-order valence-corrected chi connectivity index (χ1v) is 5.67. The first kappa shape index (κ1) is 13.8. The molecule has 0 spiro atoms. The molecule has 0 radical (unpaired) electrons. The van der Waals surface area contributed by atoms with Gasteiger partial charge < -0.3 is 11.5 Å². The first-order chi connectivity index (χ1) is 7.90. The number of rotatable bonds is 5. The molecule has 0 aliphatic carbocycles. The van der Waals surface area contributed by atoms with Gasteiger partial charge in [-0.3, -0.25) is 9.59 Å². The number of primary amides is 2. The SMILES string of the molecule is NC(=O)CC(CC(N)=O)c1ccc(Cl)cc1Cl. The highest BCUT2D eigenvalue weighted by atomic mass is 35.5. The molecule has 2 amide bonds. The number of amides is 2. The Hall–Kier alpha value is -1.26. The summed E-state index contributed by atoms with van der Waals surface area (Å²) in [4.78, 5) is 21.9. The molecule has 0 heterocycles. The zero-order valence-corrected chi connectivity index (χ0v) is 10.5. The van der Waals surface area contributed by atoms with E-state index >= 15 is 0 Å². The normalized spacial score (nSPS) is 10.5. The second-order valence-electron chi connectivity index (χ2n) is 3.70. The molecule has 0 aromatic heterocycles.